The molecule has 2 aliphatic heterocycles. The van der Waals surface area contributed by atoms with E-state index in [4.69, 9.17) is 4.74 Å². The summed E-state index contributed by atoms with van der Waals surface area (Å²) in [5.41, 5.74) is 1.86. The molecule has 6 rings (SSSR count). The third-order valence-electron chi connectivity index (χ3n) is 9.34. The predicted molar refractivity (Wildman–Crippen MR) is 181 cm³/mol. The maximum atomic E-state index is 14.2. The van der Waals surface area contributed by atoms with Crippen LogP contribution in [0.5, 0.6) is 5.75 Å². The first-order chi connectivity index (χ1) is 24.0. The van der Waals surface area contributed by atoms with Gasteiger partial charge in [-0.3, -0.25) is 24.0 Å². The lowest BCUT2D eigenvalue weighted by atomic mass is 9.93. The van der Waals surface area contributed by atoms with Crippen LogP contribution in [0, 0.1) is 5.92 Å². The summed E-state index contributed by atoms with van der Waals surface area (Å²) < 4.78 is 7.51. The lowest BCUT2D eigenvalue weighted by Crippen LogP contribution is -2.58. The summed E-state index contributed by atoms with van der Waals surface area (Å²) in [4.78, 5) is 75.3. The highest BCUT2D eigenvalue weighted by Gasteiger charge is 2.40. The van der Waals surface area contributed by atoms with Gasteiger partial charge < -0.3 is 40.2 Å². The van der Waals surface area contributed by atoms with Gasteiger partial charge in [0, 0.05) is 45.2 Å². The number of rotatable bonds is 6. The second kappa shape index (κ2) is 15.1. The van der Waals surface area contributed by atoms with Crippen LogP contribution in [-0.2, 0) is 32.6 Å². The van der Waals surface area contributed by atoms with Crippen molar-refractivity contribution < 1.29 is 33.8 Å². The fraction of sp³-hybridized carbons (Fsp3) is 0.444. The minimum Gasteiger partial charge on any atom is -0.484 e. The third kappa shape index (κ3) is 8.48. The predicted octanol–water partition coefficient (Wildman–Crippen LogP) is 0.369. The van der Waals surface area contributed by atoms with Crippen LogP contribution in [0.25, 0.3) is 0 Å². The van der Waals surface area contributed by atoms with Gasteiger partial charge in [0.15, 0.2) is 6.61 Å². The maximum absolute atomic E-state index is 14.2. The highest BCUT2D eigenvalue weighted by Crippen LogP contribution is 2.32. The van der Waals surface area contributed by atoms with Gasteiger partial charge in [-0.05, 0) is 48.9 Å². The largest absolute Gasteiger partial charge is 0.484 e. The number of nitrogens with zero attached hydrogens (tertiary/aromatic N) is 4. The molecule has 50 heavy (non-hydrogen) atoms. The molecule has 264 valence electrons. The zero-order valence-electron chi connectivity index (χ0n) is 28.2. The molecule has 2 bridgehead atoms. The summed E-state index contributed by atoms with van der Waals surface area (Å²) >= 11 is 0. The molecule has 3 aromatic rings. The Morgan fingerprint density at radius 3 is 2.48 bits per heavy atom. The van der Waals surface area contributed by atoms with Gasteiger partial charge >= 0.3 is 0 Å². The van der Waals surface area contributed by atoms with E-state index in [1.807, 2.05) is 36.4 Å². The van der Waals surface area contributed by atoms with Crippen LogP contribution in [0.2, 0.25) is 0 Å². The second-order valence-corrected chi connectivity index (χ2v) is 13.5. The van der Waals surface area contributed by atoms with Crippen LogP contribution in [0.3, 0.4) is 0 Å². The number of carbonyl (C=O) groups is 5. The smallest absolute Gasteiger partial charge is 0.274 e. The Hall–Kier alpha value is -5.24. The van der Waals surface area contributed by atoms with Crippen molar-refractivity contribution in [3.8, 4) is 5.75 Å². The number of benzene rings is 2. The molecule has 0 radical (unpaired) electrons. The molecule has 1 aliphatic carbocycles. The number of carbonyl (C=O) groups excluding carboxylic acids is 5. The number of nitrogens with one attached hydrogen (secondary N) is 3. The van der Waals surface area contributed by atoms with Gasteiger partial charge in [0.25, 0.3) is 11.8 Å². The second-order valence-electron chi connectivity index (χ2n) is 13.5. The Morgan fingerprint density at radius 1 is 1.00 bits per heavy atom. The Labute approximate surface area is 290 Å². The zero-order valence-corrected chi connectivity index (χ0v) is 28.2. The topological polar surface area (TPSA) is 175 Å². The molecule has 3 aliphatic rings. The Balaban J connectivity index is 1.34. The number of likely N-dealkylation sites (tertiary alicyclic amines) is 1. The summed E-state index contributed by atoms with van der Waals surface area (Å²) in [6, 6.07) is 13.5. The number of amides is 5. The van der Waals surface area contributed by atoms with Crippen molar-refractivity contribution in [3.63, 3.8) is 0 Å². The number of aromatic nitrogens is 2. The van der Waals surface area contributed by atoms with E-state index in [0.29, 0.717) is 5.75 Å². The standard InChI is InChI=1S/C36H43N7O7/c1-22(44)33-36(49)42(15-24-11-12-24)19-31(45)38-28(13-23-7-4-3-5-8-23)34(47)39-29-18-43(35(48)30-17-41(2)21-37-30)16-27(29)25-9-6-10-26(14-25)50-20-32(46)40-33/h3-10,14,17,21-22,24,27-29,33,44H,11-13,15-16,18-20H2,1-2H3,(H,38,45)(H,39,47)(H,40,46)/t22-,27-,28+,29+,33+/m1/s1. The molecule has 0 unspecified atom stereocenters. The van der Waals surface area contributed by atoms with E-state index >= 15 is 0 Å². The molecule has 5 atom stereocenters. The first kappa shape index (κ1) is 34.6. The molecule has 2 fully saturated rings. The Kier molecular flexibility index (Phi) is 10.5. The minimum absolute atomic E-state index is 0.179. The van der Waals surface area contributed by atoms with Crippen LogP contribution >= 0.6 is 0 Å². The molecule has 14 heteroatoms. The average molecular weight is 686 g/mol. The summed E-state index contributed by atoms with van der Waals surface area (Å²) in [6.45, 7) is 1.33. The van der Waals surface area contributed by atoms with Crippen LogP contribution in [-0.4, -0.2) is 111 Å². The van der Waals surface area contributed by atoms with Crippen molar-refractivity contribution in [2.24, 2.45) is 13.0 Å². The lowest BCUT2D eigenvalue weighted by Gasteiger charge is -2.30. The minimum atomic E-state index is -1.31. The summed E-state index contributed by atoms with van der Waals surface area (Å²) in [7, 11) is 1.78. The fourth-order valence-electron chi connectivity index (χ4n) is 6.52. The van der Waals surface area contributed by atoms with E-state index in [0.717, 1.165) is 24.0 Å². The van der Waals surface area contributed by atoms with E-state index in [1.165, 1.54) is 11.8 Å². The van der Waals surface area contributed by atoms with Crippen LogP contribution in [0.15, 0.2) is 67.1 Å². The number of aliphatic hydroxyl groups excluding tert-OH is 1. The van der Waals surface area contributed by atoms with Gasteiger partial charge in [0.2, 0.25) is 17.7 Å². The highest BCUT2D eigenvalue weighted by molar-refractivity contribution is 5.94. The highest BCUT2D eigenvalue weighted by atomic mass is 16.5. The van der Waals surface area contributed by atoms with E-state index in [9.17, 15) is 29.1 Å². The molecular formula is C36H43N7O7. The lowest BCUT2D eigenvalue weighted by molar-refractivity contribution is -0.143. The molecule has 1 saturated heterocycles. The van der Waals surface area contributed by atoms with Crippen LogP contribution in [0.4, 0.5) is 0 Å². The van der Waals surface area contributed by atoms with Gasteiger partial charge in [-0.25, -0.2) is 4.98 Å². The van der Waals surface area contributed by atoms with Gasteiger partial charge in [0.1, 0.15) is 23.5 Å². The summed E-state index contributed by atoms with van der Waals surface area (Å²) in [6.07, 6.45) is 3.90. The number of aryl methyl sites for hydroxylation is 1. The zero-order chi connectivity index (χ0) is 35.4. The SMILES string of the molecule is C[C@@H](O)[C@@H]1NC(=O)COc2cccc(c2)[C@H]2CN(C(=O)c3cn(C)cn3)C[C@@H]2NC(=O)[C@H](Cc2ccccc2)NC(=O)CN(CC2CC2)C1=O. The van der Waals surface area contributed by atoms with E-state index in [2.05, 4.69) is 20.9 Å². The number of fused-ring (bicyclic) bond motifs is 4. The van der Waals surface area contributed by atoms with E-state index in [-0.39, 0.29) is 56.0 Å². The van der Waals surface area contributed by atoms with Crippen molar-refractivity contribution in [3.05, 3.63) is 83.9 Å². The summed E-state index contributed by atoms with van der Waals surface area (Å²) in [5, 5.41) is 19.1. The maximum Gasteiger partial charge on any atom is 0.274 e. The molecule has 2 aromatic carbocycles. The normalized spacial score (nSPS) is 24.2. The number of hydrogen-bond donors (Lipinski definition) is 4. The Bertz CT molecular complexity index is 1720. The first-order valence-corrected chi connectivity index (χ1v) is 16.9. The molecule has 4 N–H and O–H groups in total. The molecule has 3 heterocycles. The fourth-order valence-corrected chi connectivity index (χ4v) is 6.52. The average Bonchev–Trinajstić information content (AvgIpc) is 3.65. The molecule has 1 saturated carbocycles. The molecule has 14 nitrogen and oxygen atoms in total. The summed E-state index contributed by atoms with van der Waals surface area (Å²) in [5.74, 6) is -2.28. The van der Waals surface area contributed by atoms with Crippen molar-refractivity contribution in [1.29, 1.82) is 0 Å². The molecule has 0 spiro atoms. The van der Waals surface area contributed by atoms with Crippen molar-refractivity contribution >= 4 is 29.5 Å². The van der Waals surface area contributed by atoms with Crippen molar-refractivity contribution in [1.82, 2.24) is 35.3 Å². The van der Waals surface area contributed by atoms with Gasteiger partial charge in [-0.2, -0.15) is 0 Å². The molecule has 5 amide bonds. The van der Waals surface area contributed by atoms with Crippen molar-refractivity contribution in [2.45, 2.75) is 56.3 Å². The van der Waals surface area contributed by atoms with E-state index < -0.39 is 54.5 Å². The monoisotopic (exact) mass is 685 g/mol. The third-order valence-corrected chi connectivity index (χ3v) is 9.34. The number of hydrogen-bond acceptors (Lipinski definition) is 8. The number of aliphatic hydroxyl groups is 1. The quantitative estimate of drug-likeness (QED) is 0.288. The Morgan fingerprint density at radius 2 is 1.78 bits per heavy atom. The van der Waals surface area contributed by atoms with Gasteiger partial charge in [-0.15, -0.1) is 0 Å². The first-order valence-electron chi connectivity index (χ1n) is 16.9. The molecule has 1 aromatic heterocycles. The molecular weight excluding hydrogens is 642 g/mol. The number of ether oxygens (including phenoxy) is 1. The van der Waals surface area contributed by atoms with Crippen LogP contribution in [0.1, 0.15) is 47.3 Å². The van der Waals surface area contributed by atoms with Crippen molar-refractivity contribution in [2.75, 3.05) is 32.8 Å². The van der Waals surface area contributed by atoms with Crippen LogP contribution < -0.4 is 20.7 Å². The van der Waals surface area contributed by atoms with E-state index in [1.54, 1.807) is 47.2 Å². The van der Waals surface area contributed by atoms with Gasteiger partial charge in [-0.1, -0.05) is 42.5 Å². The van der Waals surface area contributed by atoms with Gasteiger partial charge in [0.05, 0.1) is 25.0 Å². The number of imidazole rings is 1.